The van der Waals surface area contributed by atoms with Crippen LogP contribution in [0.2, 0.25) is 0 Å². The molecule has 5 atom stereocenters. The number of carbonyl (C=O) groups excluding carboxylic acids is 3. The van der Waals surface area contributed by atoms with Gasteiger partial charge < -0.3 is 39.6 Å². The molecule has 4 fully saturated rings. The lowest BCUT2D eigenvalue weighted by Crippen LogP contribution is -2.51. The van der Waals surface area contributed by atoms with E-state index in [0.717, 1.165) is 103 Å². The van der Waals surface area contributed by atoms with E-state index in [1.165, 1.54) is 37.5 Å². The normalized spacial score (nSPS) is 22.4. The quantitative estimate of drug-likeness (QED) is 0.119. The first kappa shape index (κ1) is 41.7. The molecule has 3 N–H and O–H groups in total. The molecular weight excluding hydrogens is 781 g/mol. The van der Waals surface area contributed by atoms with Crippen molar-refractivity contribution in [3.8, 4) is 0 Å². The minimum Gasteiger partial charge on any atom is -0.453 e. The molecule has 0 saturated carbocycles. The minimum absolute atomic E-state index is 0.0235. The summed E-state index contributed by atoms with van der Waals surface area (Å²) in [7, 11) is 1.31. The van der Waals surface area contributed by atoms with Gasteiger partial charge in [-0.3, -0.25) is 9.59 Å². The van der Waals surface area contributed by atoms with E-state index in [2.05, 4.69) is 93.7 Å². The number of hydrogen-bond acceptors (Lipinski definition) is 9. The van der Waals surface area contributed by atoms with Crippen LogP contribution in [0.25, 0.3) is 22.1 Å². The Kier molecular flexibility index (Phi) is 11.8. The van der Waals surface area contributed by atoms with Gasteiger partial charge in [0, 0.05) is 32.6 Å². The van der Waals surface area contributed by atoms with Gasteiger partial charge >= 0.3 is 6.09 Å². The molecule has 62 heavy (non-hydrogen) atoms. The number of anilines is 2. The van der Waals surface area contributed by atoms with Gasteiger partial charge in [0.25, 0.3) is 0 Å². The average Bonchev–Trinajstić information content (AvgIpc) is 4.13. The number of aromatic nitrogens is 5. The second-order valence-corrected chi connectivity index (χ2v) is 18.6. The summed E-state index contributed by atoms with van der Waals surface area (Å²) in [6, 6.07) is 16.8. The molecule has 9 rings (SSSR count). The zero-order chi connectivity index (χ0) is 43.1. The number of methoxy groups -OCH3 is 1. The van der Waals surface area contributed by atoms with E-state index in [1.807, 2.05) is 23.6 Å². The number of amides is 3. The van der Waals surface area contributed by atoms with Gasteiger partial charge in [0.15, 0.2) is 0 Å². The smallest absolute Gasteiger partial charge is 0.407 e. The SMILES string of the molecule is COC(=O)N[C@H](C(=O)N1CCC[C@H]1c1nc2ccc([C@H]3CC[C@H](c4ccc5nc([C@@H]6CCCN6C(=O)CC(C)C)[nH]c5c4)N3c3ccc(N4CCCCC4)nc3)cc2[nH]1)C(C)C. The van der Waals surface area contributed by atoms with Crippen LogP contribution in [0.1, 0.15) is 139 Å². The molecule has 14 nitrogen and oxygen atoms in total. The number of H-pyrrole nitrogens is 2. The van der Waals surface area contributed by atoms with Crippen LogP contribution in [-0.2, 0) is 14.3 Å². The standard InChI is InChI=1S/C48H62N10O4/c1-29(2)25-43(59)56-23-9-11-40(56)45-50-34-16-13-31(26-36(34)52-45)38-18-19-39(58(38)33-15-20-42(49-28-33)55-21-7-6-8-22-55)32-14-17-35-37(27-32)53-46(51-35)41-12-10-24-57(41)47(60)44(30(3)4)54-48(61)62-5/h13-17,20,26-30,38-41,44H,6-12,18-19,21-25H2,1-5H3,(H,50,52)(H,51,53)(H,54,61)/t38-,39-,40+,41+,44+/m1/s1. The number of nitrogens with one attached hydrogen (secondary N) is 3. The van der Waals surface area contributed by atoms with Crippen molar-refractivity contribution in [3.63, 3.8) is 0 Å². The molecule has 0 aliphatic carbocycles. The molecule has 3 aromatic heterocycles. The van der Waals surface area contributed by atoms with Crippen molar-refractivity contribution in [2.45, 2.75) is 122 Å². The van der Waals surface area contributed by atoms with Crippen LogP contribution >= 0.6 is 0 Å². The van der Waals surface area contributed by atoms with Crippen molar-refractivity contribution in [2.75, 3.05) is 43.1 Å². The minimum atomic E-state index is -0.692. The lowest BCUT2D eigenvalue weighted by atomic mass is 10.0. The predicted octanol–water partition coefficient (Wildman–Crippen LogP) is 8.66. The monoisotopic (exact) mass is 842 g/mol. The molecule has 0 bridgehead atoms. The number of rotatable bonds is 11. The van der Waals surface area contributed by atoms with Gasteiger partial charge in [-0.05, 0) is 117 Å². The molecule has 7 heterocycles. The number of piperidine rings is 1. The van der Waals surface area contributed by atoms with Gasteiger partial charge in [0.05, 0.1) is 65.2 Å². The van der Waals surface area contributed by atoms with Crippen molar-refractivity contribution >= 4 is 51.5 Å². The van der Waals surface area contributed by atoms with Gasteiger partial charge in [0.1, 0.15) is 23.5 Å². The number of nitrogens with zero attached hydrogens (tertiary/aromatic N) is 7. The number of imidazole rings is 2. The number of ether oxygens (including phenoxy) is 1. The summed E-state index contributed by atoms with van der Waals surface area (Å²) in [4.78, 5) is 70.5. The largest absolute Gasteiger partial charge is 0.453 e. The first-order valence-electron chi connectivity index (χ1n) is 23.0. The molecule has 4 aliphatic rings. The highest BCUT2D eigenvalue weighted by atomic mass is 16.5. The lowest BCUT2D eigenvalue weighted by Gasteiger charge is -2.34. The molecular formula is C48H62N10O4. The molecule has 14 heteroatoms. The fraction of sp³-hybridized carbons (Fsp3) is 0.542. The topological polar surface area (TPSA) is 156 Å². The Hall–Kier alpha value is -5.66. The first-order chi connectivity index (χ1) is 30.1. The van der Waals surface area contributed by atoms with Crippen molar-refractivity contribution < 1.29 is 19.1 Å². The van der Waals surface area contributed by atoms with Crippen molar-refractivity contribution in [3.05, 3.63) is 77.5 Å². The third-order valence-electron chi connectivity index (χ3n) is 13.6. The van der Waals surface area contributed by atoms with Crippen LogP contribution in [-0.4, -0.2) is 92.0 Å². The Balaban J connectivity index is 1.02. The maximum Gasteiger partial charge on any atom is 0.407 e. The summed E-state index contributed by atoms with van der Waals surface area (Å²) in [6.45, 7) is 11.5. The maximum absolute atomic E-state index is 13.9. The molecule has 3 amide bonds. The number of benzene rings is 2. The first-order valence-corrected chi connectivity index (χ1v) is 23.0. The Morgan fingerprint density at radius 1 is 0.726 bits per heavy atom. The summed E-state index contributed by atoms with van der Waals surface area (Å²) in [6.07, 6.45) is 11.1. The second-order valence-electron chi connectivity index (χ2n) is 18.6. The predicted molar refractivity (Wildman–Crippen MR) is 241 cm³/mol. The molecule has 4 aliphatic heterocycles. The van der Waals surface area contributed by atoms with Gasteiger partial charge in [-0.15, -0.1) is 0 Å². The van der Waals surface area contributed by atoms with Crippen LogP contribution in [0.5, 0.6) is 0 Å². The molecule has 0 radical (unpaired) electrons. The molecule has 0 spiro atoms. The van der Waals surface area contributed by atoms with E-state index in [9.17, 15) is 14.4 Å². The number of carbonyl (C=O) groups is 3. The number of aromatic amines is 2. The van der Waals surface area contributed by atoms with E-state index in [0.29, 0.717) is 18.9 Å². The number of hydrogen-bond donors (Lipinski definition) is 3. The zero-order valence-electron chi connectivity index (χ0n) is 36.9. The number of fused-ring (bicyclic) bond motifs is 2. The summed E-state index contributed by atoms with van der Waals surface area (Å²) in [5.41, 5.74) is 7.20. The van der Waals surface area contributed by atoms with Gasteiger partial charge in [-0.2, -0.15) is 0 Å². The summed E-state index contributed by atoms with van der Waals surface area (Å²) in [5, 5.41) is 2.75. The van der Waals surface area contributed by atoms with Crippen LogP contribution in [0.4, 0.5) is 16.3 Å². The molecule has 328 valence electrons. The number of pyridine rings is 1. The van der Waals surface area contributed by atoms with Crippen LogP contribution in [0, 0.1) is 11.8 Å². The maximum atomic E-state index is 13.9. The van der Waals surface area contributed by atoms with Gasteiger partial charge in [-0.25, -0.2) is 19.7 Å². The average molecular weight is 843 g/mol. The van der Waals surface area contributed by atoms with Crippen molar-refractivity contribution in [1.82, 2.24) is 40.0 Å². The Morgan fingerprint density at radius 3 is 1.87 bits per heavy atom. The van der Waals surface area contributed by atoms with Gasteiger partial charge in [0.2, 0.25) is 11.8 Å². The molecule has 2 aromatic carbocycles. The lowest BCUT2D eigenvalue weighted by molar-refractivity contribution is -0.135. The summed E-state index contributed by atoms with van der Waals surface area (Å²) < 4.78 is 4.84. The summed E-state index contributed by atoms with van der Waals surface area (Å²) in [5.74, 6) is 2.97. The fourth-order valence-corrected chi connectivity index (χ4v) is 10.5. The molecule has 5 aromatic rings. The van der Waals surface area contributed by atoms with E-state index < -0.39 is 12.1 Å². The number of likely N-dealkylation sites (tertiary alicyclic amines) is 2. The van der Waals surface area contributed by atoms with Crippen molar-refractivity contribution in [1.29, 1.82) is 0 Å². The molecule has 4 saturated heterocycles. The van der Waals surface area contributed by atoms with E-state index >= 15 is 0 Å². The highest BCUT2D eigenvalue weighted by molar-refractivity contribution is 5.87. The van der Waals surface area contributed by atoms with Gasteiger partial charge in [-0.1, -0.05) is 39.8 Å². The highest BCUT2D eigenvalue weighted by Gasteiger charge is 2.39. The van der Waals surface area contributed by atoms with E-state index in [-0.39, 0.29) is 41.9 Å². The van der Waals surface area contributed by atoms with Crippen molar-refractivity contribution in [2.24, 2.45) is 11.8 Å². The second kappa shape index (κ2) is 17.6. The van der Waals surface area contributed by atoms with Crippen LogP contribution in [0.3, 0.4) is 0 Å². The third kappa shape index (κ3) is 8.20. The zero-order valence-corrected chi connectivity index (χ0v) is 36.9. The Labute approximate surface area is 364 Å². The summed E-state index contributed by atoms with van der Waals surface area (Å²) >= 11 is 0. The van der Waals surface area contributed by atoms with Crippen LogP contribution < -0.4 is 15.1 Å². The Bertz CT molecular complexity index is 2400. The Morgan fingerprint density at radius 2 is 1.32 bits per heavy atom. The highest BCUT2D eigenvalue weighted by Crippen LogP contribution is 2.48. The number of alkyl carbamates (subject to hydrolysis) is 1. The van der Waals surface area contributed by atoms with E-state index in [4.69, 9.17) is 19.7 Å². The van der Waals surface area contributed by atoms with Crippen LogP contribution in [0.15, 0.2) is 54.7 Å². The molecule has 0 unspecified atom stereocenters. The fourth-order valence-electron chi connectivity index (χ4n) is 10.5. The van der Waals surface area contributed by atoms with E-state index in [1.54, 1.807) is 0 Å². The third-order valence-corrected chi connectivity index (χ3v) is 13.6.